The summed E-state index contributed by atoms with van der Waals surface area (Å²) < 4.78 is 27.4. The first-order valence-electron chi connectivity index (χ1n) is 7.12. The molecule has 1 atom stereocenters. The number of pyridine rings is 1. The average Bonchev–Trinajstić information content (AvgIpc) is 2.68. The average molecular weight is 313 g/mol. The Balaban J connectivity index is 2.35. The second kappa shape index (κ2) is 6.69. The maximum absolute atomic E-state index is 12.9. The zero-order chi connectivity index (χ0) is 15.5. The van der Waals surface area contributed by atoms with Gasteiger partial charge in [0.25, 0.3) is 0 Å². The maximum Gasteiger partial charge on any atom is 0.243 e. The zero-order valence-corrected chi connectivity index (χ0v) is 13.3. The SMILES string of the molecule is CCC1CN(C)CCCN1S(=O)(=O)c1ccnc(NN)c1. The van der Waals surface area contributed by atoms with Gasteiger partial charge in [-0.05, 0) is 32.5 Å². The Morgan fingerprint density at radius 3 is 2.90 bits per heavy atom. The highest BCUT2D eigenvalue weighted by molar-refractivity contribution is 7.89. The molecule has 0 bridgehead atoms. The summed E-state index contributed by atoms with van der Waals surface area (Å²) in [5.41, 5.74) is 2.38. The Labute approximate surface area is 126 Å². The third-order valence-electron chi connectivity index (χ3n) is 3.81. The van der Waals surface area contributed by atoms with Crippen molar-refractivity contribution in [1.82, 2.24) is 14.2 Å². The van der Waals surface area contributed by atoms with Crippen molar-refractivity contribution in [2.45, 2.75) is 30.7 Å². The number of hydrazine groups is 1. The Morgan fingerprint density at radius 2 is 2.24 bits per heavy atom. The van der Waals surface area contributed by atoms with Gasteiger partial charge >= 0.3 is 0 Å². The van der Waals surface area contributed by atoms with Crippen molar-refractivity contribution in [3.8, 4) is 0 Å². The number of likely N-dealkylation sites (N-methyl/N-ethyl adjacent to an activating group) is 1. The molecule has 2 heterocycles. The topological polar surface area (TPSA) is 91.6 Å². The molecule has 7 nitrogen and oxygen atoms in total. The highest BCUT2D eigenvalue weighted by atomic mass is 32.2. The Bertz CT molecular complexity index is 578. The molecule has 21 heavy (non-hydrogen) atoms. The predicted octanol–water partition coefficient (Wildman–Crippen LogP) is 0.472. The van der Waals surface area contributed by atoms with Crippen LogP contribution < -0.4 is 11.3 Å². The Kier molecular flexibility index (Phi) is 5.15. The molecular weight excluding hydrogens is 290 g/mol. The summed E-state index contributed by atoms with van der Waals surface area (Å²) in [7, 11) is -1.50. The molecule has 8 heteroatoms. The normalized spacial score (nSPS) is 22.0. The maximum atomic E-state index is 12.9. The molecule has 1 saturated heterocycles. The largest absolute Gasteiger partial charge is 0.308 e. The summed E-state index contributed by atoms with van der Waals surface area (Å²) >= 11 is 0. The number of nitrogens with two attached hydrogens (primary N) is 1. The lowest BCUT2D eigenvalue weighted by atomic mass is 10.2. The Morgan fingerprint density at radius 1 is 1.48 bits per heavy atom. The van der Waals surface area contributed by atoms with Crippen molar-refractivity contribution in [2.75, 3.05) is 32.1 Å². The van der Waals surface area contributed by atoms with Crippen LogP contribution in [-0.4, -0.2) is 55.3 Å². The number of anilines is 1. The van der Waals surface area contributed by atoms with Crippen LogP contribution in [-0.2, 0) is 10.0 Å². The van der Waals surface area contributed by atoms with Crippen LogP contribution in [0.25, 0.3) is 0 Å². The van der Waals surface area contributed by atoms with Crippen LogP contribution in [0.15, 0.2) is 23.2 Å². The van der Waals surface area contributed by atoms with E-state index in [0.717, 1.165) is 25.9 Å². The van der Waals surface area contributed by atoms with Crippen molar-refractivity contribution < 1.29 is 8.42 Å². The molecule has 1 aromatic heterocycles. The standard InChI is InChI=1S/C13H23N5O2S/c1-3-11-10-17(2)7-4-8-18(11)21(19,20)12-5-6-15-13(9-12)16-14/h5-6,9,11H,3-4,7-8,10,14H2,1-2H3,(H,15,16). The minimum atomic E-state index is -3.53. The molecule has 0 radical (unpaired) electrons. The van der Waals surface area contributed by atoms with Gasteiger partial charge in [0.15, 0.2) is 0 Å². The third-order valence-corrected chi connectivity index (χ3v) is 5.75. The van der Waals surface area contributed by atoms with Gasteiger partial charge in [-0.2, -0.15) is 4.31 Å². The molecule has 0 aliphatic carbocycles. The number of nitrogens with one attached hydrogen (secondary N) is 1. The molecule has 1 aliphatic heterocycles. The van der Waals surface area contributed by atoms with E-state index in [-0.39, 0.29) is 10.9 Å². The smallest absolute Gasteiger partial charge is 0.243 e. The first-order valence-corrected chi connectivity index (χ1v) is 8.56. The van der Waals surface area contributed by atoms with Gasteiger partial charge < -0.3 is 10.3 Å². The first kappa shape index (κ1) is 16.2. The molecule has 1 fully saturated rings. The molecular formula is C13H23N5O2S. The van der Waals surface area contributed by atoms with Crippen molar-refractivity contribution >= 4 is 15.8 Å². The lowest BCUT2D eigenvalue weighted by Crippen LogP contribution is -2.43. The van der Waals surface area contributed by atoms with Gasteiger partial charge in [0.2, 0.25) is 10.0 Å². The second-order valence-electron chi connectivity index (χ2n) is 5.31. The fraction of sp³-hybridized carbons (Fsp3) is 0.615. The highest BCUT2D eigenvalue weighted by Crippen LogP contribution is 2.23. The van der Waals surface area contributed by atoms with E-state index in [4.69, 9.17) is 5.84 Å². The molecule has 3 N–H and O–H groups in total. The van der Waals surface area contributed by atoms with Gasteiger partial charge in [-0.3, -0.25) is 0 Å². The van der Waals surface area contributed by atoms with Crippen LogP contribution in [0.3, 0.4) is 0 Å². The number of aromatic nitrogens is 1. The van der Waals surface area contributed by atoms with E-state index < -0.39 is 10.0 Å². The van der Waals surface area contributed by atoms with E-state index in [9.17, 15) is 8.42 Å². The van der Waals surface area contributed by atoms with E-state index in [2.05, 4.69) is 15.3 Å². The van der Waals surface area contributed by atoms with Crippen LogP contribution in [0.2, 0.25) is 0 Å². The summed E-state index contributed by atoms with van der Waals surface area (Å²) in [6.45, 7) is 4.22. The van der Waals surface area contributed by atoms with Crippen LogP contribution in [0.4, 0.5) is 5.82 Å². The number of rotatable bonds is 4. The van der Waals surface area contributed by atoms with Gasteiger partial charge in [0.05, 0.1) is 4.90 Å². The van der Waals surface area contributed by atoms with Gasteiger partial charge in [0.1, 0.15) is 5.82 Å². The lowest BCUT2D eigenvalue weighted by molar-refractivity contribution is 0.270. The Hall–Kier alpha value is -1.22. The van der Waals surface area contributed by atoms with E-state index in [1.807, 2.05) is 14.0 Å². The van der Waals surface area contributed by atoms with Gasteiger partial charge in [-0.15, -0.1) is 0 Å². The molecule has 1 unspecified atom stereocenters. The quantitative estimate of drug-likeness (QED) is 0.620. The van der Waals surface area contributed by atoms with Crippen LogP contribution in [0, 0.1) is 0 Å². The fourth-order valence-electron chi connectivity index (χ4n) is 2.66. The summed E-state index contributed by atoms with van der Waals surface area (Å²) in [5, 5.41) is 0. The number of hydrogen-bond donors (Lipinski definition) is 2. The van der Waals surface area contributed by atoms with Crippen LogP contribution in [0.5, 0.6) is 0 Å². The summed E-state index contributed by atoms with van der Waals surface area (Å²) in [6.07, 6.45) is 3.07. The third kappa shape index (κ3) is 3.52. The molecule has 1 aliphatic rings. The van der Waals surface area contributed by atoms with Crippen molar-refractivity contribution in [3.05, 3.63) is 18.3 Å². The van der Waals surface area contributed by atoms with Crippen LogP contribution in [0.1, 0.15) is 19.8 Å². The number of nitrogen functional groups attached to an aromatic ring is 1. The predicted molar refractivity (Wildman–Crippen MR) is 82.1 cm³/mol. The number of nitrogens with zero attached hydrogens (tertiary/aromatic N) is 3. The van der Waals surface area contributed by atoms with Gasteiger partial charge in [0, 0.05) is 31.4 Å². The summed E-state index contributed by atoms with van der Waals surface area (Å²) in [4.78, 5) is 6.37. The van der Waals surface area contributed by atoms with Crippen LogP contribution >= 0.6 is 0 Å². The minimum Gasteiger partial charge on any atom is -0.308 e. The second-order valence-corrected chi connectivity index (χ2v) is 7.21. The van der Waals surface area contributed by atoms with Crippen molar-refractivity contribution in [3.63, 3.8) is 0 Å². The van der Waals surface area contributed by atoms with E-state index in [1.54, 1.807) is 4.31 Å². The monoisotopic (exact) mass is 313 g/mol. The van der Waals surface area contributed by atoms with Crippen molar-refractivity contribution in [1.29, 1.82) is 0 Å². The number of hydrogen-bond acceptors (Lipinski definition) is 6. The van der Waals surface area contributed by atoms with Crippen molar-refractivity contribution in [2.24, 2.45) is 5.84 Å². The molecule has 0 spiro atoms. The first-order chi connectivity index (χ1) is 9.98. The molecule has 1 aromatic rings. The minimum absolute atomic E-state index is 0.00930. The molecule has 2 rings (SSSR count). The van der Waals surface area contributed by atoms with E-state index in [1.165, 1.54) is 18.3 Å². The molecule has 118 valence electrons. The number of sulfonamides is 1. The van der Waals surface area contributed by atoms with E-state index in [0.29, 0.717) is 12.4 Å². The summed E-state index contributed by atoms with van der Waals surface area (Å²) in [5.74, 6) is 5.65. The lowest BCUT2D eigenvalue weighted by Gasteiger charge is -2.29. The zero-order valence-electron chi connectivity index (χ0n) is 12.5. The van der Waals surface area contributed by atoms with Gasteiger partial charge in [-0.1, -0.05) is 6.92 Å². The highest BCUT2D eigenvalue weighted by Gasteiger charge is 2.32. The fourth-order valence-corrected chi connectivity index (χ4v) is 4.40. The molecule has 0 amide bonds. The van der Waals surface area contributed by atoms with Gasteiger partial charge in [-0.25, -0.2) is 19.2 Å². The molecule has 0 saturated carbocycles. The molecule has 0 aromatic carbocycles. The summed E-state index contributed by atoms with van der Waals surface area (Å²) in [6, 6.07) is 2.97. The van der Waals surface area contributed by atoms with E-state index >= 15 is 0 Å².